The Labute approximate surface area is 249 Å². The van der Waals surface area contributed by atoms with Gasteiger partial charge >= 0.3 is 0 Å². The Kier molecular flexibility index (Phi) is 6.08. The van der Waals surface area contributed by atoms with Crippen LogP contribution in [-0.4, -0.2) is 19.9 Å². The highest BCUT2D eigenvalue weighted by atomic mass is 15.0. The van der Waals surface area contributed by atoms with Crippen LogP contribution in [0, 0.1) is 0 Å². The van der Waals surface area contributed by atoms with Crippen molar-refractivity contribution in [3.05, 3.63) is 152 Å². The zero-order valence-corrected chi connectivity index (χ0v) is 23.3. The minimum atomic E-state index is 0.650. The van der Waals surface area contributed by atoms with Crippen LogP contribution in [0.4, 0.5) is 0 Å². The van der Waals surface area contributed by atoms with Gasteiger partial charge in [-0.05, 0) is 40.5 Å². The Balaban J connectivity index is 1.20. The number of fused-ring (bicyclic) bond motifs is 3. The van der Waals surface area contributed by atoms with Crippen molar-refractivity contribution in [2.75, 3.05) is 0 Å². The molecular formula is C39H26N4. The smallest absolute Gasteiger partial charge is 0.164 e. The average molecular weight is 551 g/mol. The van der Waals surface area contributed by atoms with Crippen LogP contribution in [-0.2, 0) is 0 Å². The van der Waals surface area contributed by atoms with Crippen LogP contribution in [0.2, 0.25) is 0 Å². The van der Waals surface area contributed by atoms with E-state index in [9.17, 15) is 0 Å². The van der Waals surface area contributed by atoms with Gasteiger partial charge in [-0.25, -0.2) is 15.0 Å². The lowest BCUT2D eigenvalue weighted by atomic mass is 9.93. The Morgan fingerprint density at radius 1 is 0.326 bits per heavy atom. The van der Waals surface area contributed by atoms with E-state index in [1.807, 2.05) is 60.7 Å². The van der Waals surface area contributed by atoms with E-state index in [2.05, 4.69) is 96.0 Å². The number of H-pyrrole nitrogens is 1. The fraction of sp³-hybridized carbons (Fsp3) is 0. The first-order valence-electron chi connectivity index (χ1n) is 14.4. The van der Waals surface area contributed by atoms with E-state index >= 15 is 0 Å². The van der Waals surface area contributed by atoms with E-state index in [0.717, 1.165) is 33.3 Å². The van der Waals surface area contributed by atoms with Crippen LogP contribution in [0.5, 0.6) is 0 Å². The molecule has 4 heteroatoms. The lowest BCUT2D eigenvalue weighted by Crippen LogP contribution is -2.00. The van der Waals surface area contributed by atoms with Gasteiger partial charge in [0.1, 0.15) is 0 Å². The van der Waals surface area contributed by atoms with Gasteiger partial charge in [0.25, 0.3) is 0 Å². The van der Waals surface area contributed by atoms with Gasteiger partial charge in [-0.2, -0.15) is 0 Å². The summed E-state index contributed by atoms with van der Waals surface area (Å²) in [4.78, 5) is 18.1. The Morgan fingerprint density at radius 2 is 0.767 bits per heavy atom. The van der Waals surface area contributed by atoms with E-state index < -0.39 is 0 Å². The number of hydrogen-bond donors (Lipinski definition) is 1. The van der Waals surface area contributed by atoms with Gasteiger partial charge in [0.15, 0.2) is 17.5 Å². The predicted molar refractivity (Wildman–Crippen MR) is 176 cm³/mol. The van der Waals surface area contributed by atoms with Crippen molar-refractivity contribution in [3.8, 4) is 56.4 Å². The number of nitrogens with zero attached hydrogens (tertiary/aromatic N) is 3. The normalized spacial score (nSPS) is 11.3. The lowest BCUT2D eigenvalue weighted by Gasteiger charge is -2.12. The number of hydrogen-bond acceptors (Lipinski definition) is 3. The van der Waals surface area contributed by atoms with Crippen molar-refractivity contribution < 1.29 is 0 Å². The van der Waals surface area contributed by atoms with Gasteiger partial charge in [-0.15, -0.1) is 0 Å². The molecule has 2 heterocycles. The maximum Gasteiger partial charge on any atom is 0.164 e. The van der Waals surface area contributed by atoms with Gasteiger partial charge in [-0.1, -0.05) is 133 Å². The first kappa shape index (κ1) is 24.9. The van der Waals surface area contributed by atoms with Crippen LogP contribution >= 0.6 is 0 Å². The molecule has 8 rings (SSSR count). The molecule has 0 aliphatic heterocycles. The van der Waals surface area contributed by atoms with Crippen LogP contribution < -0.4 is 0 Å². The predicted octanol–water partition coefficient (Wildman–Crippen LogP) is 9.84. The van der Waals surface area contributed by atoms with Gasteiger partial charge in [-0.3, -0.25) is 0 Å². The molecule has 0 amide bonds. The average Bonchev–Trinajstić information content (AvgIpc) is 3.47. The summed E-state index contributed by atoms with van der Waals surface area (Å²) in [6, 6.07) is 52.4. The maximum absolute atomic E-state index is 4.89. The Hall–Kier alpha value is -5.87. The van der Waals surface area contributed by atoms with Crippen LogP contribution in [0.3, 0.4) is 0 Å². The number of para-hydroxylation sites is 1. The minimum Gasteiger partial charge on any atom is -0.355 e. The molecule has 8 aromatic rings. The number of aromatic amines is 1. The van der Waals surface area contributed by atoms with Crippen molar-refractivity contribution >= 4 is 21.8 Å². The standard InChI is InChI=1S/C39H26N4/c1-3-11-27(12-4-1)37-41-38(28-13-5-2-6-14-28)43-39(42-37)29-21-19-26(20-22-29)31-15-7-8-16-32(31)30-23-24-36-34(25-30)33-17-9-10-18-35(33)40-36/h1-25,40H. The molecule has 202 valence electrons. The Bertz CT molecular complexity index is 2160. The van der Waals surface area contributed by atoms with E-state index in [1.54, 1.807) is 0 Å². The SMILES string of the molecule is c1ccc(-c2nc(-c3ccccc3)nc(-c3ccc(-c4ccccc4-c4ccc5[nH]c6ccccc6c5c4)cc3)n2)cc1. The summed E-state index contributed by atoms with van der Waals surface area (Å²) in [6.45, 7) is 0. The highest BCUT2D eigenvalue weighted by Crippen LogP contribution is 2.36. The summed E-state index contributed by atoms with van der Waals surface area (Å²) in [6.07, 6.45) is 0. The van der Waals surface area contributed by atoms with Gasteiger partial charge < -0.3 is 4.98 Å². The molecule has 0 bridgehead atoms. The van der Waals surface area contributed by atoms with E-state index in [4.69, 9.17) is 15.0 Å². The summed E-state index contributed by atoms with van der Waals surface area (Å²) in [5.41, 5.74) is 9.87. The third-order valence-corrected chi connectivity index (χ3v) is 7.90. The summed E-state index contributed by atoms with van der Waals surface area (Å²) in [5, 5.41) is 2.47. The summed E-state index contributed by atoms with van der Waals surface area (Å²) in [7, 11) is 0. The second-order valence-electron chi connectivity index (χ2n) is 10.6. The van der Waals surface area contributed by atoms with E-state index in [-0.39, 0.29) is 0 Å². The number of nitrogens with one attached hydrogen (secondary N) is 1. The summed E-state index contributed by atoms with van der Waals surface area (Å²) in [5.74, 6) is 1.97. The number of benzene rings is 6. The molecule has 6 aromatic carbocycles. The van der Waals surface area contributed by atoms with Gasteiger partial charge in [0, 0.05) is 38.5 Å². The van der Waals surface area contributed by atoms with E-state index in [0.29, 0.717) is 17.5 Å². The van der Waals surface area contributed by atoms with Crippen molar-refractivity contribution in [2.24, 2.45) is 0 Å². The Morgan fingerprint density at radius 3 is 1.40 bits per heavy atom. The maximum atomic E-state index is 4.89. The molecule has 0 spiro atoms. The zero-order valence-electron chi connectivity index (χ0n) is 23.3. The first-order valence-corrected chi connectivity index (χ1v) is 14.4. The molecule has 4 nitrogen and oxygen atoms in total. The molecule has 0 radical (unpaired) electrons. The fourth-order valence-corrected chi connectivity index (χ4v) is 5.74. The summed E-state index contributed by atoms with van der Waals surface area (Å²) >= 11 is 0. The molecule has 1 N–H and O–H groups in total. The highest BCUT2D eigenvalue weighted by molar-refractivity contribution is 6.08. The minimum absolute atomic E-state index is 0.650. The largest absolute Gasteiger partial charge is 0.355 e. The number of rotatable bonds is 5. The molecule has 0 aliphatic rings. The fourth-order valence-electron chi connectivity index (χ4n) is 5.74. The quantitative estimate of drug-likeness (QED) is 0.232. The molecule has 0 atom stereocenters. The first-order chi connectivity index (χ1) is 21.3. The van der Waals surface area contributed by atoms with Crippen LogP contribution in [0.1, 0.15) is 0 Å². The number of aromatic nitrogens is 4. The highest BCUT2D eigenvalue weighted by Gasteiger charge is 2.14. The third kappa shape index (κ3) is 4.65. The molecule has 0 aliphatic carbocycles. The molecule has 0 saturated heterocycles. The second-order valence-corrected chi connectivity index (χ2v) is 10.6. The van der Waals surface area contributed by atoms with Crippen molar-refractivity contribution in [2.45, 2.75) is 0 Å². The van der Waals surface area contributed by atoms with Crippen molar-refractivity contribution in [1.29, 1.82) is 0 Å². The summed E-state index contributed by atoms with van der Waals surface area (Å²) < 4.78 is 0. The topological polar surface area (TPSA) is 54.5 Å². The van der Waals surface area contributed by atoms with E-state index in [1.165, 1.54) is 27.5 Å². The van der Waals surface area contributed by atoms with Crippen molar-refractivity contribution in [3.63, 3.8) is 0 Å². The molecule has 0 saturated carbocycles. The molecular weight excluding hydrogens is 524 g/mol. The van der Waals surface area contributed by atoms with Crippen LogP contribution in [0.15, 0.2) is 152 Å². The molecule has 0 unspecified atom stereocenters. The molecule has 43 heavy (non-hydrogen) atoms. The second kappa shape index (κ2) is 10.5. The lowest BCUT2D eigenvalue weighted by molar-refractivity contribution is 1.07. The molecule has 2 aromatic heterocycles. The third-order valence-electron chi connectivity index (χ3n) is 7.90. The molecule has 0 fully saturated rings. The monoisotopic (exact) mass is 550 g/mol. The van der Waals surface area contributed by atoms with Crippen LogP contribution in [0.25, 0.3) is 78.2 Å². The van der Waals surface area contributed by atoms with Gasteiger partial charge in [0.05, 0.1) is 0 Å². The zero-order chi connectivity index (χ0) is 28.6. The van der Waals surface area contributed by atoms with Gasteiger partial charge in [0.2, 0.25) is 0 Å². The van der Waals surface area contributed by atoms with Crippen molar-refractivity contribution in [1.82, 2.24) is 19.9 Å².